The maximum absolute atomic E-state index is 14.7. The number of aromatic nitrogens is 2. The van der Waals surface area contributed by atoms with Gasteiger partial charge >= 0.3 is 6.09 Å². The van der Waals surface area contributed by atoms with Gasteiger partial charge in [-0.15, -0.1) is 0 Å². The number of amides is 1. The molecule has 11 heteroatoms. The number of hydrogen-bond donors (Lipinski definition) is 0. The van der Waals surface area contributed by atoms with E-state index in [9.17, 15) is 17.8 Å². The highest BCUT2D eigenvalue weighted by Gasteiger charge is 2.31. The molecule has 0 N–H and O–H groups in total. The molecule has 4 rings (SSSR count). The number of nitrogens with zero attached hydrogens (tertiary/aromatic N) is 4. The van der Waals surface area contributed by atoms with Crippen LogP contribution in [-0.4, -0.2) is 63.3 Å². The first-order valence-corrected chi connectivity index (χ1v) is 12.4. The van der Waals surface area contributed by atoms with Crippen LogP contribution in [0.2, 0.25) is 0 Å². The van der Waals surface area contributed by atoms with E-state index < -0.39 is 22.4 Å². The molecule has 178 valence electrons. The summed E-state index contributed by atoms with van der Waals surface area (Å²) in [5.74, 6) is -0.523. The van der Waals surface area contributed by atoms with Crippen molar-refractivity contribution in [3.63, 3.8) is 0 Å². The predicted molar refractivity (Wildman–Crippen MR) is 118 cm³/mol. The van der Waals surface area contributed by atoms with Gasteiger partial charge in [-0.2, -0.15) is 0 Å². The fourth-order valence-corrected chi connectivity index (χ4v) is 4.64. The van der Waals surface area contributed by atoms with Crippen molar-refractivity contribution < 1.29 is 27.3 Å². The average molecular weight is 481 g/mol. The Morgan fingerprint density at radius 3 is 2.55 bits per heavy atom. The van der Waals surface area contributed by atoms with E-state index in [2.05, 4.69) is 9.97 Å². The first-order chi connectivity index (χ1) is 15.7. The lowest BCUT2D eigenvalue weighted by molar-refractivity contribution is 0.0505. The smallest absolute Gasteiger partial charge is 0.410 e. The zero-order chi connectivity index (χ0) is 23.7. The van der Waals surface area contributed by atoms with Gasteiger partial charge in [-0.1, -0.05) is 0 Å². The number of ether oxygens (including phenoxy) is 2. The van der Waals surface area contributed by atoms with Crippen molar-refractivity contribution in [3.05, 3.63) is 35.7 Å². The van der Waals surface area contributed by atoms with Gasteiger partial charge in [0.2, 0.25) is 5.88 Å². The third-order valence-corrected chi connectivity index (χ3v) is 6.57. The third-order valence-electron chi connectivity index (χ3n) is 5.64. The Hall–Kier alpha value is -2.82. The Balaban J connectivity index is 1.48. The van der Waals surface area contributed by atoms with Gasteiger partial charge < -0.3 is 19.3 Å². The Morgan fingerprint density at radius 2 is 1.88 bits per heavy atom. The van der Waals surface area contributed by atoms with Crippen molar-refractivity contribution in [2.75, 3.05) is 30.8 Å². The second kappa shape index (κ2) is 9.58. The summed E-state index contributed by atoms with van der Waals surface area (Å²) < 4.78 is 52.1. The summed E-state index contributed by atoms with van der Waals surface area (Å²) in [6.45, 7) is 5.05. The van der Waals surface area contributed by atoms with Gasteiger partial charge in [-0.3, -0.25) is 4.21 Å². The molecule has 1 atom stereocenters. The summed E-state index contributed by atoms with van der Waals surface area (Å²) in [6.07, 6.45) is 3.78. The van der Waals surface area contributed by atoms with Gasteiger partial charge in [0.1, 0.15) is 29.9 Å². The normalized spacial score (nSPS) is 17.3. The third kappa shape index (κ3) is 4.92. The van der Waals surface area contributed by atoms with Crippen molar-refractivity contribution in [2.45, 2.75) is 50.2 Å². The van der Waals surface area contributed by atoms with Gasteiger partial charge in [-0.25, -0.2) is 23.5 Å². The predicted octanol–water partition coefficient (Wildman–Crippen LogP) is 3.57. The topological polar surface area (TPSA) is 84.9 Å². The highest BCUT2D eigenvalue weighted by Crippen LogP contribution is 2.39. The second-order valence-electron chi connectivity index (χ2n) is 8.31. The van der Waals surface area contributed by atoms with Crippen LogP contribution in [0.1, 0.15) is 32.3 Å². The summed E-state index contributed by atoms with van der Waals surface area (Å²) >= 11 is 0. The SMILES string of the molecule is CC(C)OC(=O)N1CCC(Oc2ncnc3c2CCN3c2cc(F)c(S(C)=O)cc2F)CC1. The summed E-state index contributed by atoms with van der Waals surface area (Å²) in [4.78, 5) is 23.7. The molecule has 1 unspecified atom stereocenters. The number of anilines is 2. The van der Waals surface area contributed by atoms with Gasteiger partial charge in [0.05, 0.1) is 33.0 Å². The van der Waals surface area contributed by atoms with Crippen LogP contribution in [0.4, 0.5) is 25.1 Å². The van der Waals surface area contributed by atoms with Gasteiger partial charge in [0.25, 0.3) is 0 Å². The average Bonchev–Trinajstić information content (AvgIpc) is 3.20. The molecular formula is C22H26F2N4O4S. The van der Waals surface area contributed by atoms with Crippen LogP contribution in [0, 0.1) is 11.6 Å². The van der Waals surface area contributed by atoms with E-state index in [1.54, 1.807) is 9.80 Å². The minimum absolute atomic E-state index is 0.0297. The van der Waals surface area contributed by atoms with Gasteiger partial charge in [0.15, 0.2) is 0 Å². The molecule has 0 spiro atoms. The molecule has 3 heterocycles. The van der Waals surface area contributed by atoms with Gasteiger partial charge in [-0.05, 0) is 26.3 Å². The number of carbonyl (C=O) groups is 1. The minimum atomic E-state index is -1.63. The summed E-state index contributed by atoms with van der Waals surface area (Å²) in [7, 11) is -1.63. The standard InChI is InChI=1S/C22H26F2N4O4S/c1-13(2)31-22(29)27-7-4-14(5-8-27)32-21-15-6-9-28(20(15)25-12-26-21)18-10-17(24)19(33(3)30)11-16(18)23/h10-14H,4-9H2,1-3H3. The molecule has 1 fully saturated rings. The quantitative estimate of drug-likeness (QED) is 0.647. The first kappa shape index (κ1) is 23.3. The number of halogens is 2. The first-order valence-electron chi connectivity index (χ1n) is 10.8. The van der Waals surface area contributed by atoms with Crippen molar-refractivity contribution in [1.29, 1.82) is 0 Å². The van der Waals surface area contributed by atoms with Crippen LogP contribution >= 0.6 is 0 Å². The maximum Gasteiger partial charge on any atom is 0.410 e. The molecule has 2 aromatic rings. The largest absolute Gasteiger partial charge is 0.474 e. The number of benzene rings is 1. The number of likely N-dealkylation sites (tertiary alicyclic amines) is 1. The second-order valence-corrected chi connectivity index (χ2v) is 9.66. The van der Waals surface area contributed by atoms with E-state index >= 15 is 0 Å². The summed E-state index contributed by atoms with van der Waals surface area (Å²) in [5.41, 5.74) is 0.754. The Kier molecular flexibility index (Phi) is 6.78. The maximum atomic E-state index is 14.7. The van der Waals surface area contributed by atoms with E-state index in [1.807, 2.05) is 13.8 Å². The van der Waals surface area contributed by atoms with Crippen LogP contribution in [0.15, 0.2) is 23.4 Å². The lowest BCUT2D eigenvalue weighted by Gasteiger charge is -2.32. The molecule has 8 nitrogen and oxygen atoms in total. The molecule has 33 heavy (non-hydrogen) atoms. The molecule has 2 aliphatic rings. The number of hydrogen-bond acceptors (Lipinski definition) is 7. The molecule has 0 saturated carbocycles. The fourth-order valence-electron chi connectivity index (χ4n) is 4.04. The van der Waals surface area contributed by atoms with Crippen LogP contribution < -0.4 is 9.64 Å². The van der Waals surface area contributed by atoms with Crippen molar-refractivity contribution in [1.82, 2.24) is 14.9 Å². The van der Waals surface area contributed by atoms with Crippen molar-refractivity contribution >= 4 is 28.4 Å². The van der Waals surface area contributed by atoms with Gasteiger partial charge in [0, 0.05) is 44.8 Å². The summed E-state index contributed by atoms with van der Waals surface area (Å²) in [6, 6.07) is 2.02. The van der Waals surface area contributed by atoms with Crippen molar-refractivity contribution in [3.8, 4) is 5.88 Å². The highest BCUT2D eigenvalue weighted by molar-refractivity contribution is 7.84. The number of rotatable bonds is 5. The molecule has 0 radical (unpaired) electrons. The summed E-state index contributed by atoms with van der Waals surface area (Å²) in [5, 5.41) is 0. The fraction of sp³-hybridized carbons (Fsp3) is 0.500. The van der Waals surface area contributed by atoms with Crippen LogP contribution in [-0.2, 0) is 22.0 Å². The molecule has 1 aromatic heterocycles. The van der Waals surface area contributed by atoms with Crippen molar-refractivity contribution in [2.24, 2.45) is 0 Å². The van der Waals surface area contributed by atoms with E-state index in [4.69, 9.17) is 9.47 Å². The zero-order valence-electron chi connectivity index (χ0n) is 18.7. The Bertz CT molecular complexity index is 1080. The number of fused-ring (bicyclic) bond motifs is 1. The Morgan fingerprint density at radius 1 is 1.15 bits per heavy atom. The molecule has 1 amide bonds. The molecular weight excluding hydrogens is 454 g/mol. The van der Waals surface area contributed by atoms with Crippen LogP contribution in [0.5, 0.6) is 5.88 Å². The molecule has 0 bridgehead atoms. The van der Waals surface area contributed by atoms with Crippen LogP contribution in [0.25, 0.3) is 0 Å². The van der Waals surface area contributed by atoms with E-state index in [1.165, 1.54) is 12.6 Å². The zero-order valence-corrected chi connectivity index (χ0v) is 19.5. The van der Waals surface area contributed by atoms with Crippen LogP contribution in [0.3, 0.4) is 0 Å². The molecule has 0 aliphatic carbocycles. The number of carbonyl (C=O) groups excluding carboxylic acids is 1. The highest BCUT2D eigenvalue weighted by atomic mass is 32.2. The molecule has 1 aromatic carbocycles. The van der Waals surface area contributed by atoms with E-state index in [-0.39, 0.29) is 28.9 Å². The molecule has 2 aliphatic heterocycles. The lowest BCUT2D eigenvalue weighted by atomic mass is 10.1. The minimum Gasteiger partial charge on any atom is -0.474 e. The van der Waals surface area contributed by atoms with E-state index in [0.29, 0.717) is 50.6 Å². The van der Waals surface area contributed by atoms with E-state index in [0.717, 1.165) is 17.7 Å². The lowest BCUT2D eigenvalue weighted by Crippen LogP contribution is -2.42. The monoisotopic (exact) mass is 480 g/mol. The Labute approximate surface area is 193 Å². The molecule has 1 saturated heterocycles. The number of piperidine rings is 1.